The maximum Gasteiger partial charge on any atom is 0.132 e. The van der Waals surface area contributed by atoms with E-state index in [0.29, 0.717) is 6.61 Å². The van der Waals surface area contributed by atoms with E-state index in [9.17, 15) is 0 Å². The zero-order valence-corrected chi connectivity index (χ0v) is 9.01. The Balaban J connectivity index is 2.62. The fourth-order valence-electron chi connectivity index (χ4n) is 0.717. The fourth-order valence-corrected chi connectivity index (χ4v) is 1.35. The van der Waals surface area contributed by atoms with Gasteiger partial charge < -0.3 is 4.74 Å². The van der Waals surface area contributed by atoms with Crippen molar-refractivity contribution < 1.29 is 4.74 Å². The number of benzene rings is 1. The van der Waals surface area contributed by atoms with Crippen LogP contribution in [0.4, 0.5) is 0 Å². The molecule has 60 valence electrons. The summed E-state index contributed by atoms with van der Waals surface area (Å²) >= 11 is 6.31. The molecular formula is C8H9IOS. The number of halogens is 1. The van der Waals surface area contributed by atoms with Crippen LogP contribution in [0.2, 0.25) is 0 Å². The Morgan fingerprint density at radius 1 is 1.36 bits per heavy atom. The molecule has 0 spiro atoms. The average Bonchev–Trinajstić information content (AvgIpc) is 2.03. The van der Waals surface area contributed by atoms with Crippen LogP contribution in [0.1, 0.15) is 0 Å². The standard InChI is InChI=1S/C8H9IOS/c9-7-3-1-2-4-8(7)10-5-6-11/h1-4,11H,5-6H2. The van der Waals surface area contributed by atoms with Gasteiger partial charge in [0.15, 0.2) is 0 Å². The maximum atomic E-state index is 5.40. The molecule has 1 nitrogen and oxygen atoms in total. The Labute approximate surface area is 85.7 Å². The summed E-state index contributed by atoms with van der Waals surface area (Å²) in [6, 6.07) is 7.95. The lowest BCUT2D eigenvalue weighted by molar-refractivity contribution is 0.342. The van der Waals surface area contributed by atoms with Crippen LogP contribution in [-0.2, 0) is 0 Å². The first-order valence-electron chi connectivity index (χ1n) is 3.33. The molecule has 0 radical (unpaired) electrons. The number of para-hydroxylation sites is 1. The van der Waals surface area contributed by atoms with Gasteiger partial charge >= 0.3 is 0 Å². The molecule has 0 aliphatic carbocycles. The number of ether oxygens (including phenoxy) is 1. The summed E-state index contributed by atoms with van der Waals surface area (Å²) < 4.78 is 6.55. The van der Waals surface area contributed by atoms with E-state index in [2.05, 4.69) is 35.2 Å². The summed E-state index contributed by atoms with van der Waals surface area (Å²) in [6.45, 7) is 0.670. The zero-order chi connectivity index (χ0) is 8.10. The molecule has 0 bridgehead atoms. The van der Waals surface area contributed by atoms with Crippen LogP contribution in [-0.4, -0.2) is 12.4 Å². The highest BCUT2D eigenvalue weighted by molar-refractivity contribution is 14.1. The second-order valence-electron chi connectivity index (χ2n) is 2.00. The molecule has 0 saturated heterocycles. The first-order chi connectivity index (χ1) is 5.34. The van der Waals surface area contributed by atoms with Crippen molar-refractivity contribution in [2.75, 3.05) is 12.4 Å². The largest absolute Gasteiger partial charge is 0.492 e. The Kier molecular flexibility index (Phi) is 4.07. The number of rotatable bonds is 3. The Hall–Kier alpha value is 0.100. The van der Waals surface area contributed by atoms with Crippen molar-refractivity contribution >= 4 is 35.2 Å². The highest BCUT2D eigenvalue weighted by Crippen LogP contribution is 2.19. The Morgan fingerprint density at radius 3 is 2.73 bits per heavy atom. The molecule has 0 aromatic heterocycles. The van der Waals surface area contributed by atoms with Gasteiger partial charge in [-0.15, -0.1) is 0 Å². The molecule has 3 heteroatoms. The van der Waals surface area contributed by atoms with Gasteiger partial charge in [0.2, 0.25) is 0 Å². The molecule has 11 heavy (non-hydrogen) atoms. The number of hydrogen-bond acceptors (Lipinski definition) is 2. The number of hydrogen-bond donors (Lipinski definition) is 1. The summed E-state index contributed by atoms with van der Waals surface area (Å²) in [4.78, 5) is 0. The van der Waals surface area contributed by atoms with Gasteiger partial charge in [0.25, 0.3) is 0 Å². The topological polar surface area (TPSA) is 9.23 Å². The molecule has 0 amide bonds. The lowest BCUT2D eigenvalue weighted by Crippen LogP contribution is -1.98. The van der Waals surface area contributed by atoms with Crippen LogP contribution in [0, 0.1) is 3.57 Å². The van der Waals surface area contributed by atoms with Crippen LogP contribution in [0.3, 0.4) is 0 Å². The van der Waals surface area contributed by atoms with Crippen LogP contribution < -0.4 is 4.74 Å². The van der Waals surface area contributed by atoms with E-state index in [4.69, 9.17) is 4.74 Å². The van der Waals surface area contributed by atoms with Crippen molar-refractivity contribution in [1.29, 1.82) is 0 Å². The van der Waals surface area contributed by atoms with Crippen LogP contribution in [0.25, 0.3) is 0 Å². The lowest BCUT2D eigenvalue weighted by Gasteiger charge is -2.04. The fraction of sp³-hybridized carbons (Fsp3) is 0.250. The Morgan fingerprint density at radius 2 is 2.09 bits per heavy atom. The van der Waals surface area contributed by atoms with Gasteiger partial charge in [-0.3, -0.25) is 0 Å². The predicted molar refractivity (Wildman–Crippen MR) is 58.5 cm³/mol. The third kappa shape index (κ3) is 2.91. The second kappa shape index (κ2) is 4.87. The van der Waals surface area contributed by atoms with Gasteiger partial charge in [0, 0.05) is 5.75 Å². The van der Waals surface area contributed by atoms with Crippen LogP contribution in [0.15, 0.2) is 24.3 Å². The third-order valence-corrected chi connectivity index (χ3v) is 2.26. The second-order valence-corrected chi connectivity index (χ2v) is 3.61. The normalized spacial score (nSPS) is 9.64. The van der Waals surface area contributed by atoms with Crippen molar-refractivity contribution in [2.24, 2.45) is 0 Å². The summed E-state index contributed by atoms with van der Waals surface area (Å²) in [6.07, 6.45) is 0. The SMILES string of the molecule is SCCOc1ccccc1I. The average molecular weight is 280 g/mol. The third-order valence-electron chi connectivity index (χ3n) is 1.19. The summed E-state index contributed by atoms with van der Waals surface area (Å²) in [5.41, 5.74) is 0. The van der Waals surface area contributed by atoms with E-state index >= 15 is 0 Å². The highest BCUT2D eigenvalue weighted by Gasteiger charge is 1.96. The van der Waals surface area contributed by atoms with Gasteiger partial charge in [0.05, 0.1) is 10.2 Å². The van der Waals surface area contributed by atoms with Crippen molar-refractivity contribution in [2.45, 2.75) is 0 Å². The molecule has 1 aromatic rings. The smallest absolute Gasteiger partial charge is 0.132 e. The molecule has 1 aromatic carbocycles. The van der Waals surface area contributed by atoms with Gasteiger partial charge in [-0.05, 0) is 34.7 Å². The maximum absolute atomic E-state index is 5.40. The van der Waals surface area contributed by atoms with E-state index < -0.39 is 0 Å². The molecule has 0 aliphatic heterocycles. The van der Waals surface area contributed by atoms with Gasteiger partial charge in [0.1, 0.15) is 5.75 Å². The van der Waals surface area contributed by atoms with E-state index in [0.717, 1.165) is 15.1 Å². The van der Waals surface area contributed by atoms with Gasteiger partial charge in [-0.25, -0.2) is 0 Å². The van der Waals surface area contributed by atoms with Crippen molar-refractivity contribution in [3.05, 3.63) is 27.8 Å². The molecule has 0 atom stereocenters. The van der Waals surface area contributed by atoms with Crippen LogP contribution >= 0.6 is 35.2 Å². The highest BCUT2D eigenvalue weighted by atomic mass is 127. The minimum Gasteiger partial charge on any atom is -0.492 e. The Bertz CT molecular complexity index is 227. The molecular weight excluding hydrogens is 271 g/mol. The molecule has 0 fully saturated rings. The molecule has 0 saturated carbocycles. The molecule has 0 unspecified atom stereocenters. The minimum atomic E-state index is 0.670. The molecule has 1 rings (SSSR count). The monoisotopic (exact) mass is 280 g/mol. The van der Waals surface area contributed by atoms with Gasteiger partial charge in [-0.1, -0.05) is 12.1 Å². The molecule has 0 N–H and O–H groups in total. The van der Waals surface area contributed by atoms with Gasteiger partial charge in [-0.2, -0.15) is 12.6 Å². The first-order valence-corrected chi connectivity index (χ1v) is 5.04. The van der Waals surface area contributed by atoms with Crippen molar-refractivity contribution in [1.82, 2.24) is 0 Å². The molecule has 0 heterocycles. The number of thiol groups is 1. The van der Waals surface area contributed by atoms with Crippen molar-refractivity contribution in [3.8, 4) is 5.75 Å². The van der Waals surface area contributed by atoms with E-state index in [1.54, 1.807) is 0 Å². The van der Waals surface area contributed by atoms with E-state index in [1.807, 2.05) is 24.3 Å². The van der Waals surface area contributed by atoms with Crippen LogP contribution in [0.5, 0.6) is 5.75 Å². The summed E-state index contributed by atoms with van der Waals surface area (Å²) in [7, 11) is 0. The van der Waals surface area contributed by atoms with E-state index in [1.165, 1.54) is 0 Å². The zero-order valence-electron chi connectivity index (χ0n) is 5.96. The summed E-state index contributed by atoms with van der Waals surface area (Å²) in [5.74, 6) is 1.70. The minimum absolute atomic E-state index is 0.670. The quantitative estimate of drug-likeness (QED) is 0.661. The van der Waals surface area contributed by atoms with E-state index in [-0.39, 0.29) is 0 Å². The first kappa shape index (κ1) is 9.19. The predicted octanol–water partition coefficient (Wildman–Crippen LogP) is 2.60. The summed E-state index contributed by atoms with van der Waals surface area (Å²) in [5, 5.41) is 0. The van der Waals surface area contributed by atoms with Crippen molar-refractivity contribution in [3.63, 3.8) is 0 Å². The molecule has 0 aliphatic rings. The lowest BCUT2D eigenvalue weighted by atomic mass is 10.3.